The molecule has 0 saturated carbocycles. The van der Waals surface area contributed by atoms with Crippen molar-refractivity contribution in [3.63, 3.8) is 0 Å². The van der Waals surface area contributed by atoms with Gasteiger partial charge in [0, 0.05) is 17.3 Å². The maximum Gasteiger partial charge on any atom is 0.210 e. The Kier molecular flexibility index (Phi) is 4.90. The van der Waals surface area contributed by atoms with Gasteiger partial charge in [0.1, 0.15) is 0 Å². The molecule has 0 atom stereocenters. The van der Waals surface area contributed by atoms with Crippen LogP contribution in [-0.4, -0.2) is 37.3 Å². The second-order valence-electron chi connectivity index (χ2n) is 6.20. The summed E-state index contributed by atoms with van der Waals surface area (Å²) in [6, 6.07) is 8.59. The molecule has 0 unspecified atom stereocenters. The molecule has 0 aliphatic carbocycles. The summed E-state index contributed by atoms with van der Waals surface area (Å²) in [5.74, 6) is 0.854. The fourth-order valence-electron chi connectivity index (χ4n) is 3.12. The molecule has 0 aliphatic rings. The van der Waals surface area contributed by atoms with Gasteiger partial charge in [-0.05, 0) is 43.7 Å². The van der Waals surface area contributed by atoms with E-state index in [1.54, 1.807) is 22.6 Å². The molecule has 3 aromatic rings. The number of carbonyl (C=O) groups excluding carboxylic acids is 2. The summed E-state index contributed by atoms with van der Waals surface area (Å²) in [4.78, 5) is 25.3. The Labute approximate surface area is 157 Å². The molecule has 27 heavy (non-hydrogen) atoms. The molecule has 3 rings (SSSR count). The minimum absolute atomic E-state index is 0.0969. The summed E-state index contributed by atoms with van der Waals surface area (Å²) >= 11 is 0. The molecular weight excluding hydrogens is 346 g/mol. The molecule has 0 saturated heterocycles. The van der Waals surface area contributed by atoms with Crippen LogP contribution in [0.5, 0.6) is 17.2 Å². The van der Waals surface area contributed by atoms with E-state index >= 15 is 0 Å². The smallest absolute Gasteiger partial charge is 0.210 e. The number of fused-ring (bicyclic) bond motifs is 1. The molecule has 0 spiro atoms. The number of hydrogen-bond acceptors (Lipinski definition) is 5. The van der Waals surface area contributed by atoms with E-state index in [0.29, 0.717) is 39.6 Å². The van der Waals surface area contributed by atoms with Crippen LogP contribution < -0.4 is 14.2 Å². The van der Waals surface area contributed by atoms with Crippen LogP contribution in [0.15, 0.2) is 36.5 Å². The van der Waals surface area contributed by atoms with Gasteiger partial charge in [0.05, 0.1) is 32.5 Å². The van der Waals surface area contributed by atoms with Crippen molar-refractivity contribution in [1.82, 2.24) is 4.40 Å². The quantitative estimate of drug-likeness (QED) is 0.622. The number of rotatable bonds is 6. The van der Waals surface area contributed by atoms with Crippen molar-refractivity contribution < 1.29 is 23.8 Å². The van der Waals surface area contributed by atoms with Crippen LogP contribution in [0, 0.1) is 6.92 Å². The van der Waals surface area contributed by atoms with Crippen LogP contribution in [0.1, 0.15) is 38.9 Å². The maximum atomic E-state index is 13.3. The van der Waals surface area contributed by atoms with E-state index in [1.807, 2.05) is 25.3 Å². The van der Waals surface area contributed by atoms with Crippen LogP contribution in [0.3, 0.4) is 0 Å². The Morgan fingerprint density at radius 2 is 1.56 bits per heavy atom. The number of Topliss-reactive ketones (excluding diaryl/α,β-unsaturated/α-hetero) is 1. The first-order valence-electron chi connectivity index (χ1n) is 8.38. The second-order valence-corrected chi connectivity index (χ2v) is 6.20. The van der Waals surface area contributed by atoms with Crippen molar-refractivity contribution in [1.29, 1.82) is 0 Å². The standard InChI is InChI=1S/C21H21NO5/c1-12-6-7-16-15(13(2)23)10-17(22(16)11-12)20(24)14-8-18(25-3)21(27-5)19(9-14)26-4/h6-11H,1-5H3. The van der Waals surface area contributed by atoms with Crippen LogP contribution in [0.25, 0.3) is 5.52 Å². The Bertz CT molecular complexity index is 1020. The highest BCUT2D eigenvalue weighted by atomic mass is 16.5. The average Bonchev–Trinajstić information content (AvgIpc) is 3.04. The molecule has 6 heteroatoms. The lowest BCUT2D eigenvalue weighted by atomic mass is 10.1. The fourth-order valence-corrected chi connectivity index (χ4v) is 3.12. The molecule has 1 aromatic carbocycles. The Morgan fingerprint density at radius 1 is 0.926 bits per heavy atom. The number of ketones is 2. The van der Waals surface area contributed by atoms with Crippen LogP contribution in [-0.2, 0) is 0 Å². The SMILES string of the molecule is COc1cc(C(=O)c2cc(C(C)=O)c3ccc(C)cn23)cc(OC)c1OC. The van der Waals surface area contributed by atoms with Gasteiger partial charge in [0.15, 0.2) is 17.3 Å². The van der Waals surface area contributed by atoms with E-state index < -0.39 is 0 Å². The van der Waals surface area contributed by atoms with E-state index in [2.05, 4.69) is 0 Å². The zero-order valence-corrected chi connectivity index (χ0v) is 16.0. The van der Waals surface area contributed by atoms with Crippen molar-refractivity contribution in [3.8, 4) is 17.2 Å². The first kappa shape index (κ1) is 18.5. The van der Waals surface area contributed by atoms with E-state index in [4.69, 9.17) is 14.2 Å². The third-order valence-corrected chi connectivity index (χ3v) is 4.45. The lowest BCUT2D eigenvalue weighted by molar-refractivity contribution is 0.101. The molecule has 0 bridgehead atoms. The van der Waals surface area contributed by atoms with Crippen molar-refractivity contribution in [3.05, 3.63) is 58.9 Å². The normalized spacial score (nSPS) is 10.7. The fraction of sp³-hybridized carbons (Fsp3) is 0.238. The molecule has 0 amide bonds. The lowest BCUT2D eigenvalue weighted by Gasteiger charge is -2.13. The van der Waals surface area contributed by atoms with Crippen LogP contribution >= 0.6 is 0 Å². The molecule has 2 aromatic heterocycles. The van der Waals surface area contributed by atoms with Crippen LogP contribution in [0.4, 0.5) is 0 Å². The summed E-state index contributed by atoms with van der Waals surface area (Å²) in [6.07, 6.45) is 1.84. The number of ether oxygens (including phenoxy) is 3. The number of carbonyl (C=O) groups is 2. The van der Waals surface area contributed by atoms with E-state index in [-0.39, 0.29) is 11.6 Å². The van der Waals surface area contributed by atoms with Gasteiger partial charge in [0.2, 0.25) is 11.5 Å². The first-order valence-corrected chi connectivity index (χ1v) is 8.38. The number of aryl methyl sites for hydroxylation is 1. The number of hydrogen-bond donors (Lipinski definition) is 0. The minimum Gasteiger partial charge on any atom is -0.493 e. The highest BCUT2D eigenvalue weighted by Gasteiger charge is 2.22. The maximum absolute atomic E-state index is 13.3. The number of nitrogens with zero attached hydrogens (tertiary/aromatic N) is 1. The summed E-state index contributed by atoms with van der Waals surface area (Å²) in [6.45, 7) is 3.42. The molecule has 0 fully saturated rings. The topological polar surface area (TPSA) is 66.2 Å². The summed E-state index contributed by atoms with van der Waals surface area (Å²) < 4.78 is 17.7. The van der Waals surface area contributed by atoms with Gasteiger partial charge >= 0.3 is 0 Å². The largest absolute Gasteiger partial charge is 0.493 e. The van der Waals surface area contributed by atoms with Gasteiger partial charge in [-0.1, -0.05) is 6.07 Å². The average molecular weight is 367 g/mol. The van der Waals surface area contributed by atoms with E-state index in [9.17, 15) is 9.59 Å². The minimum atomic E-state index is -0.248. The molecular formula is C21H21NO5. The lowest BCUT2D eigenvalue weighted by Crippen LogP contribution is -2.07. The zero-order chi connectivity index (χ0) is 19.7. The van der Waals surface area contributed by atoms with Gasteiger partial charge in [-0.3, -0.25) is 9.59 Å². The van der Waals surface area contributed by atoms with Gasteiger partial charge in [-0.2, -0.15) is 0 Å². The third kappa shape index (κ3) is 3.14. The van der Waals surface area contributed by atoms with Crippen molar-refractivity contribution in [2.45, 2.75) is 13.8 Å². The van der Waals surface area contributed by atoms with Crippen molar-refractivity contribution in [2.24, 2.45) is 0 Å². The molecule has 2 heterocycles. The van der Waals surface area contributed by atoms with E-state index in [1.165, 1.54) is 28.3 Å². The van der Waals surface area contributed by atoms with E-state index in [0.717, 1.165) is 5.56 Å². The monoisotopic (exact) mass is 367 g/mol. The summed E-state index contributed by atoms with van der Waals surface area (Å²) in [5.41, 5.74) is 2.95. The van der Waals surface area contributed by atoms with Gasteiger partial charge in [0.25, 0.3) is 0 Å². The second kappa shape index (κ2) is 7.15. The molecule has 6 nitrogen and oxygen atoms in total. The highest BCUT2D eigenvalue weighted by molar-refractivity contribution is 6.12. The number of aromatic nitrogens is 1. The zero-order valence-electron chi connectivity index (χ0n) is 16.0. The third-order valence-electron chi connectivity index (χ3n) is 4.45. The summed E-state index contributed by atoms with van der Waals surface area (Å²) in [5, 5.41) is 0. The molecule has 0 N–H and O–H groups in total. The molecule has 0 radical (unpaired) electrons. The molecule has 0 aliphatic heterocycles. The van der Waals surface area contributed by atoms with Crippen molar-refractivity contribution >= 4 is 17.1 Å². The number of methoxy groups -OCH3 is 3. The van der Waals surface area contributed by atoms with Gasteiger partial charge < -0.3 is 18.6 Å². The Morgan fingerprint density at radius 3 is 2.07 bits per heavy atom. The van der Waals surface area contributed by atoms with Gasteiger partial charge in [-0.15, -0.1) is 0 Å². The first-order chi connectivity index (χ1) is 12.9. The van der Waals surface area contributed by atoms with Gasteiger partial charge in [-0.25, -0.2) is 0 Å². The molecule has 140 valence electrons. The Hall–Kier alpha value is -3.28. The summed E-state index contributed by atoms with van der Waals surface area (Å²) in [7, 11) is 4.50. The van der Waals surface area contributed by atoms with Crippen LogP contribution in [0.2, 0.25) is 0 Å². The Balaban J connectivity index is 2.22. The predicted molar refractivity (Wildman–Crippen MR) is 102 cm³/mol. The predicted octanol–water partition coefficient (Wildman–Crippen LogP) is 3.71. The number of benzene rings is 1. The number of pyridine rings is 1. The van der Waals surface area contributed by atoms with Crippen molar-refractivity contribution in [2.75, 3.05) is 21.3 Å². The highest BCUT2D eigenvalue weighted by Crippen LogP contribution is 2.39.